The lowest BCUT2D eigenvalue weighted by Gasteiger charge is -2.43. The van der Waals surface area contributed by atoms with Crippen molar-refractivity contribution in [2.45, 2.75) is 25.0 Å². The Bertz CT molecular complexity index is 1510. The number of piperazine rings is 1. The van der Waals surface area contributed by atoms with Gasteiger partial charge in [0.1, 0.15) is 24.3 Å². The van der Waals surface area contributed by atoms with E-state index in [0.717, 1.165) is 45.1 Å². The van der Waals surface area contributed by atoms with Crippen molar-refractivity contribution in [2.24, 2.45) is 0 Å². The lowest BCUT2D eigenvalue weighted by molar-refractivity contribution is -0.130. The maximum absolute atomic E-state index is 12.0. The summed E-state index contributed by atoms with van der Waals surface area (Å²) in [5.41, 5.74) is 3.12. The summed E-state index contributed by atoms with van der Waals surface area (Å²) in [6.45, 7) is 13.7. The molecule has 0 aliphatic carbocycles. The van der Waals surface area contributed by atoms with Gasteiger partial charge in [-0.1, -0.05) is 0 Å². The van der Waals surface area contributed by atoms with Gasteiger partial charge in [0.05, 0.1) is 24.8 Å². The van der Waals surface area contributed by atoms with E-state index in [-0.39, 0.29) is 18.6 Å². The van der Waals surface area contributed by atoms with Crippen LogP contribution in [0.4, 0.5) is 17.3 Å². The highest BCUT2D eigenvalue weighted by atomic mass is 16.5. The molecule has 0 bridgehead atoms. The fourth-order valence-electron chi connectivity index (χ4n) is 5.59. The Morgan fingerprint density at radius 2 is 1.84 bits per heavy atom. The predicted molar refractivity (Wildman–Crippen MR) is 160 cm³/mol. The number of nitrogens with zero attached hydrogens (tertiary/aromatic N) is 8. The van der Waals surface area contributed by atoms with Gasteiger partial charge in [0.2, 0.25) is 5.95 Å². The number of anilines is 3. The van der Waals surface area contributed by atoms with Crippen LogP contribution < -0.4 is 15.0 Å². The van der Waals surface area contributed by atoms with Crippen molar-refractivity contribution in [1.29, 1.82) is 5.26 Å². The first-order chi connectivity index (χ1) is 21.1. The molecule has 0 atom stereocenters. The Kier molecular flexibility index (Phi) is 8.59. The van der Waals surface area contributed by atoms with E-state index in [1.165, 1.54) is 12.0 Å². The molecule has 3 aromatic rings. The third-order valence-corrected chi connectivity index (χ3v) is 8.17. The van der Waals surface area contributed by atoms with Gasteiger partial charge in [-0.15, -0.1) is 0 Å². The molecule has 12 nitrogen and oxygen atoms in total. The zero-order valence-corrected chi connectivity index (χ0v) is 23.9. The molecule has 1 aromatic heterocycles. The molecule has 3 aliphatic heterocycles. The quantitative estimate of drug-likeness (QED) is 0.398. The van der Waals surface area contributed by atoms with Crippen LogP contribution >= 0.6 is 0 Å². The van der Waals surface area contributed by atoms with E-state index in [1.807, 2.05) is 18.2 Å². The fourth-order valence-corrected chi connectivity index (χ4v) is 5.59. The van der Waals surface area contributed by atoms with E-state index in [1.54, 1.807) is 17.0 Å². The van der Waals surface area contributed by atoms with Crippen LogP contribution in [0, 0.1) is 17.9 Å². The lowest BCUT2D eigenvalue weighted by atomic mass is 10.1. The Labute approximate surface area is 250 Å². The van der Waals surface area contributed by atoms with Crippen LogP contribution in [0.3, 0.4) is 0 Å². The monoisotopic (exact) mass is 579 g/mol. The van der Waals surface area contributed by atoms with E-state index in [4.69, 9.17) is 16.0 Å². The summed E-state index contributed by atoms with van der Waals surface area (Å²) in [6.07, 6.45) is 2.63. The standard InChI is InChI=1S/C31H33N9O3/c1-33-18-29(41)40-10-8-27(9-11-40)43-28-7-2-22(16-23(28)17-32)30-34-21-35-31(37-30)36-24-3-5-25(6-4-24)38-12-14-39(15-13-38)26-19-42-20-26/h2-7,16,21,26-27H,8-15,18-20H2,(H,34,35,36,37). The van der Waals surface area contributed by atoms with Gasteiger partial charge < -0.3 is 29.4 Å². The molecule has 220 valence electrons. The maximum Gasteiger partial charge on any atom is 0.302 e. The van der Waals surface area contributed by atoms with Crippen molar-refractivity contribution >= 4 is 23.2 Å². The van der Waals surface area contributed by atoms with Gasteiger partial charge in [-0.2, -0.15) is 10.2 Å². The summed E-state index contributed by atoms with van der Waals surface area (Å²) < 4.78 is 11.5. The molecular weight excluding hydrogens is 546 g/mol. The molecule has 2 aromatic carbocycles. The number of amides is 1. The number of carbonyl (C=O) groups is 1. The van der Waals surface area contributed by atoms with Crippen molar-refractivity contribution in [1.82, 2.24) is 24.8 Å². The number of carbonyl (C=O) groups excluding carboxylic acids is 1. The molecule has 0 saturated carbocycles. The summed E-state index contributed by atoms with van der Waals surface area (Å²) in [5.74, 6) is 1.19. The molecule has 1 N–H and O–H groups in total. The van der Waals surface area contributed by atoms with Gasteiger partial charge in [-0.05, 0) is 42.5 Å². The van der Waals surface area contributed by atoms with Crippen molar-refractivity contribution in [3.8, 4) is 23.2 Å². The van der Waals surface area contributed by atoms with Crippen LogP contribution in [0.5, 0.6) is 5.75 Å². The Morgan fingerprint density at radius 3 is 2.51 bits per heavy atom. The third-order valence-electron chi connectivity index (χ3n) is 8.17. The number of hydrogen-bond donors (Lipinski definition) is 1. The Morgan fingerprint density at radius 1 is 1.07 bits per heavy atom. The van der Waals surface area contributed by atoms with Gasteiger partial charge in [0.25, 0.3) is 6.54 Å². The first-order valence-electron chi connectivity index (χ1n) is 14.5. The van der Waals surface area contributed by atoms with E-state index in [0.29, 0.717) is 60.6 Å². The van der Waals surface area contributed by atoms with Gasteiger partial charge >= 0.3 is 5.91 Å². The second-order valence-electron chi connectivity index (χ2n) is 10.9. The van der Waals surface area contributed by atoms with Gasteiger partial charge in [0, 0.05) is 69.0 Å². The average Bonchev–Trinajstić information content (AvgIpc) is 3.02. The predicted octanol–water partition coefficient (Wildman–Crippen LogP) is 2.96. The van der Waals surface area contributed by atoms with E-state index in [2.05, 4.69) is 53.1 Å². The Hall–Kier alpha value is -4.78. The number of benzene rings is 2. The number of nitrogens with one attached hydrogen (secondary N) is 1. The normalized spacial score (nSPS) is 17.9. The number of hydrogen-bond acceptors (Lipinski definition) is 10. The lowest BCUT2D eigenvalue weighted by Crippen LogP contribution is -2.56. The van der Waals surface area contributed by atoms with Gasteiger partial charge in [-0.25, -0.2) is 16.5 Å². The fraction of sp³-hybridized carbons (Fsp3) is 0.419. The first-order valence-corrected chi connectivity index (χ1v) is 14.5. The number of aromatic nitrogens is 3. The summed E-state index contributed by atoms with van der Waals surface area (Å²) >= 11 is 0. The minimum atomic E-state index is -0.150. The second-order valence-corrected chi connectivity index (χ2v) is 10.9. The highest BCUT2D eigenvalue weighted by molar-refractivity contribution is 5.79. The molecule has 3 aliphatic rings. The highest BCUT2D eigenvalue weighted by Gasteiger charge is 2.29. The number of piperidine rings is 1. The second kappa shape index (κ2) is 13.0. The summed E-state index contributed by atoms with van der Waals surface area (Å²) in [6, 6.07) is 16.4. The highest BCUT2D eigenvalue weighted by Crippen LogP contribution is 2.28. The van der Waals surface area contributed by atoms with E-state index in [9.17, 15) is 10.1 Å². The number of ether oxygens (including phenoxy) is 2. The SMILES string of the molecule is [C-]#[N+]CC(=O)N1CCC(Oc2ccc(-c3ncnc(Nc4ccc(N5CCN(C6COC6)CC5)cc4)n3)cc2C#N)CC1. The van der Waals surface area contributed by atoms with Crippen molar-refractivity contribution in [2.75, 3.05) is 69.2 Å². The van der Waals surface area contributed by atoms with Crippen molar-refractivity contribution in [3.63, 3.8) is 0 Å². The molecule has 12 heteroatoms. The third kappa shape index (κ3) is 6.67. The summed E-state index contributed by atoms with van der Waals surface area (Å²) in [4.78, 5) is 35.0. The molecular formula is C31H33N9O3. The molecule has 0 unspecified atom stereocenters. The van der Waals surface area contributed by atoms with Crippen LogP contribution in [-0.2, 0) is 9.53 Å². The van der Waals surface area contributed by atoms with E-state index >= 15 is 0 Å². The molecule has 6 rings (SSSR count). The summed E-state index contributed by atoms with van der Waals surface area (Å²) in [5, 5.41) is 13.1. The Balaban J connectivity index is 1.06. The molecule has 0 radical (unpaired) electrons. The minimum absolute atomic E-state index is 0.110. The van der Waals surface area contributed by atoms with Crippen LogP contribution in [0.1, 0.15) is 18.4 Å². The smallest absolute Gasteiger partial charge is 0.302 e. The molecule has 0 spiro atoms. The molecule has 43 heavy (non-hydrogen) atoms. The zero-order chi connectivity index (χ0) is 29.6. The van der Waals surface area contributed by atoms with Crippen molar-refractivity contribution in [3.05, 3.63) is 65.8 Å². The first kappa shape index (κ1) is 28.3. The maximum atomic E-state index is 12.0. The minimum Gasteiger partial charge on any atom is -0.489 e. The van der Waals surface area contributed by atoms with Crippen molar-refractivity contribution < 1.29 is 14.3 Å². The number of likely N-dealkylation sites (tertiary alicyclic amines) is 1. The van der Waals surface area contributed by atoms with Crippen LogP contribution in [-0.4, -0.2) is 102 Å². The van der Waals surface area contributed by atoms with Crippen LogP contribution in [0.15, 0.2) is 48.8 Å². The van der Waals surface area contributed by atoms with Crippen LogP contribution in [0.25, 0.3) is 16.2 Å². The molecule has 1 amide bonds. The van der Waals surface area contributed by atoms with Gasteiger partial charge in [-0.3, -0.25) is 9.69 Å². The van der Waals surface area contributed by atoms with Gasteiger partial charge in [0.15, 0.2) is 5.82 Å². The topological polar surface area (TPSA) is 124 Å². The van der Waals surface area contributed by atoms with E-state index < -0.39 is 0 Å². The number of rotatable bonds is 8. The largest absolute Gasteiger partial charge is 0.489 e. The van der Waals surface area contributed by atoms with Crippen LogP contribution in [0.2, 0.25) is 0 Å². The molecule has 3 saturated heterocycles. The molecule has 4 heterocycles. The zero-order valence-electron chi connectivity index (χ0n) is 23.9. The summed E-state index contributed by atoms with van der Waals surface area (Å²) in [7, 11) is 0. The molecule has 3 fully saturated rings. The average molecular weight is 580 g/mol. The number of nitriles is 1.